The summed E-state index contributed by atoms with van der Waals surface area (Å²) in [7, 11) is 0. The Morgan fingerprint density at radius 3 is 2.72 bits per heavy atom. The largest absolute Gasteiger partial charge is 0.390 e. The molecule has 2 bridgehead atoms. The Morgan fingerprint density at radius 1 is 1.28 bits per heavy atom. The number of fused-ring (bicyclic) bond motifs is 2. The molecule has 0 spiro atoms. The fourth-order valence-corrected chi connectivity index (χ4v) is 5.15. The lowest BCUT2D eigenvalue weighted by Crippen LogP contribution is -2.42. The summed E-state index contributed by atoms with van der Waals surface area (Å²) in [6.07, 6.45) is 4.02. The van der Waals surface area contributed by atoms with Gasteiger partial charge in [0.2, 0.25) is 0 Å². The van der Waals surface area contributed by atoms with Crippen LogP contribution in [0.3, 0.4) is 0 Å². The molecule has 2 aromatic rings. The minimum atomic E-state index is -0.631. The number of anilines is 4. The molecular weight excluding hydrogens is 428 g/mol. The van der Waals surface area contributed by atoms with Crippen molar-refractivity contribution in [2.45, 2.75) is 50.9 Å². The van der Waals surface area contributed by atoms with E-state index in [1.54, 1.807) is 0 Å². The average Bonchev–Trinajstić information content (AvgIpc) is 3.38. The molecule has 3 aliphatic heterocycles. The van der Waals surface area contributed by atoms with Gasteiger partial charge < -0.3 is 30.4 Å². The molecule has 2 unspecified atom stereocenters. The normalized spacial score (nSPS) is 24.1. The van der Waals surface area contributed by atoms with Crippen LogP contribution in [0.4, 0.5) is 23.0 Å². The van der Waals surface area contributed by atoms with E-state index in [2.05, 4.69) is 25.1 Å². The van der Waals surface area contributed by atoms with Gasteiger partial charge in [-0.25, -0.2) is 9.97 Å². The van der Waals surface area contributed by atoms with Gasteiger partial charge in [-0.15, -0.1) is 0 Å². The smallest absolute Gasteiger partial charge is 0.136 e. The van der Waals surface area contributed by atoms with Crippen molar-refractivity contribution in [3.05, 3.63) is 34.6 Å². The zero-order chi connectivity index (χ0) is 22.5. The molecule has 1 aromatic carbocycles. The summed E-state index contributed by atoms with van der Waals surface area (Å²) < 4.78 is 5.73. The lowest BCUT2D eigenvalue weighted by atomic mass is 9.93. The van der Waals surface area contributed by atoms with E-state index in [4.69, 9.17) is 21.7 Å². The first kappa shape index (κ1) is 21.4. The van der Waals surface area contributed by atoms with Crippen LogP contribution < -0.4 is 15.1 Å². The number of aliphatic hydroxyl groups is 1. The van der Waals surface area contributed by atoms with Crippen molar-refractivity contribution in [3.63, 3.8) is 0 Å². The summed E-state index contributed by atoms with van der Waals surface area (Å²) in [5.74, 6) is 2.28. The summed E-state index contributed by atoms with van der Waals surface area (Å²) in [6.45, 7) is 6.83. The highest BCUT2D eigenvalue weighted by Crippen LogP contribution is 2.37. The first-order chi connectivity index (χ1) is 15.3. The zero-order valence-electron chi connectivity index (χ0n) is 18.4. The third kappa shape index (κ3) is 4.14. The van der Waals surface area contributed by atoms with Gasteiger partial charge in [-0.2, -0.15) is 0 Å². The molecule has 170 valence electrons. The van der Waals surface area contributed by atoms with Crippen LogP contribution in [-0.4, -0.2) is 65.3 Å². The van der Waals surface area contributed by atoms with Crippen molar-refractivity contribution >= 4 is 40.8 Å². The highest BCUT2D eigenvalue weighted by atomic mass is 35.5. The van der Waals surface area contributed by atoms with E-state index < -0.39 is 5.60 Å². The first-order valence-electron chi connectivity index (χ1n) is 11.1. The van der Waals surface area contributed by atoms with Crippen LogP contribution in [0.25, 0.3) is 0 Å². The Kier molecular flexibility index (Phi) is 5.47. The number of hydrogen-bond donors (Lipinski definition) is 3. The third-order valence-corrected chi connectivity index (χ3v) is 7.04. The van der Waals surface area contributed by atoms with Gasteiger partial charge in [0.05, 0.1) is 40.8 Å². The van der Waals surface area contributed by atoms with Gasteiger partial charge in [0, 0.05) is 37.5 Å². The highest BCUT2D eigenvalue weighted by molar-refractivity contribution is 6.33. The Hall–Kier alpha value is -2.42. The summed E-state index contributed by atoms with van der Waals surface area (Å²) in [4.78, 5) is 13.7. The number of nitrogens with zero attached hydrogens (tertiary/aromatic N) is 4. The molecule has 3 aliphatic rings. The van der Waals surface area contributed by atoms with Crippen LogP contribution in [-0.2, 0) is 4.74 Å². The van der Waals surface area contributed by atoms with Crippen molar-refractivity contribution in [2.24, 2.45) is 0 Å². The standard InChI is InChI=1S/C23H29ClN6O2/c1-14-26-21(10-22(27-14)30-12-17-8-16(30)13-32-17)28-19-9-20(18(24)7-15(19)11-25)29-5-3-23(2,31)4-6-29/h7,9-11,16-17,25,31H,3-6,8,12-13H2,1-2H3,(H,26,27,28). The second-order valence-electron chi connectivity index (χ2n) is 9.30. The summed E-state index contributed by atoms with van der Waals surface area (Å²) >= 11 is 6.58. The van der Waals surface area contributed by atoms with E-state index >= 15 is 0 Å². The second-order valence-corrected chi connectivity index (χ2v) is 9.71. The van der Waals surface area contributed by atoms with Crippen molar-refractivity contribution in [1.29, 1.82) is 5.41 Å². The predicted molar refractivity (Wildman–Crippen MR) is 127 cm³/mol. The van der Waals surface area contributed by atoms with E-state index in [1.807, 2.05) is 32.0 Å². The van der Waals surface area contributed by atoms with E-state index in [0.29, 0.717) is 47.2 Å². The molecular formula is C23H29ClN6O2. The van der Waals surface area contributed by atoms with E-state index in [1.165, 1.54) is 6.21 Å². The molecule has 2 atom stereocenters. The maximum atomic E-state index is 10.3. The molecule has 3 fully saturated rings. The lowest BCUT2D eigenvalue weighted by molar-refractivity contribution is 0.0351. The van der Waals surface area contributed by atoms with Gasteiger partial charge in [-0.1, -0.05) is 11.6 Å². The lowest BCUT2D eigenvalue weighted by Gasteiger charge is -2.37. The Morgan fingerprint density at radius 2 is 2.06 bits per heavy atom. The number of ether oxygens (including phenoxy) is 1. The van der Waals surface area contributed by atoms with Crippen molar-refractivity contribution in [1.82, 2.24) is 9.97 Å². The van der Waals surface area contributed by atoms with Gasteiger partial charge >= 0.3 is 0 Å². The van der Waals surface area contributed by atoms with E-state index in [9.17, 15) is 5.11 Å². The minimum Gasteiger partial charge on any atom is -0.390 e. The van der Waals surface area contributed by atoms with Crippen molar-refractivity contribution in [3.8, 4) is 0 Å². The summed E-state index contributed by atoms with van der Waals surface area (Å²) in [5, 5.41) is 22.2. The fraction of sp³-hybridized carbons (Fsp3) is 0.522. The van der Waals surface area contributed by atoms with Crippen LogP contribution in [0.5, 0.6) is 0 Å². The minimum absolute atomic E-state index is 0.292. The maximum Gasteiger partial charge on any atom is 0.136 e. The molecule has 5 rings (SSSR count). The fourth-order valence-electron chi connectivity index (χ4n) is 4.86. The van der Waals surface area contributed by atoms with Crippen molar-refractivity contribution < 1.29 is 9.84 Å². The number of halogens is 1. The Labute approximate surface area is 193 Å². The number of rotatable bonds is 5. The molecule has 0 radical (unpaired) electrons. The van der Waals surface area contributed by atoms with Gasteiger partial charge in [-0.3, -0.25) is 0 Å². The number of aromatic nitrogens is 2. The number of aryl methyl sites for hydroxylation is 1. The van der Waals surface area contributed by atoms with Crippen LogP contribution in [0.1, 0.15) is 37.6 Å². The monoisotopic (exact) mass is 456 g/mol. The number of nitrogens with one attached hydrogen (secondary N) is 2. The number of morpholine rings is 1. The SMILES string of the molecule is Cc1nc(Nc2cc(N3CCC(C)(O)CC3)c(Cl)cc2C=N)cc(N2CC3CC2CO3)n1. The van der Waals surface area contributed by atoms with Gasteiger partial charge in [0.25, 0.3) is 0 Å². The molecule has 8 nitrogen and oxygen atoms in total. The Balaban J connectivity index is 1.43. The zero-order valence-corrected chi connectivity index (χ0v) is 19.2. The van der Waals surface area contributed by atoms with Gasteiger partial charge in [0.15, 0.2) is 0 Å². The van der Waals surface area contributed by atoms with E-state index in [0.717, 1.165) is 49.9 Å². The van der Waals surface area contributed by atoms with E-state index in [-0.39, 0.29) is 0 Å². The number of piperidine rings is 1. The molecule has 0 amide bonds. The number of hydrogen-bond acceptors (Lipinski definition) is 8. The van der Waals surface area contributed by atoms with Crippen LogP contribution in [0.2, 0.25) is 5.02 Å². The van der Waals surface area contributed by atoms with Crippen LogP contribution in [0.15, 0.2) is 18.2 Å². The Bertz CT molecular complexity index is 1040. The van der Waals surface area contributed by atoms with Gasteiger partial charge in [0.1, 0.15) is 17.5 Å². The molecule has 3 N–H and O–H groups in total. The molecule has 9 heteroatoms. The average molecular weight is 457 g/mol. The number of benzene rings is 1. The summed E-state index contributed by atoms with van der Waals surface area (Å²) in [5.41, 5.74) is 1.73. The molecule has 0 aliphatic carbocycles. The molecule has 0 saturated carbocycles. The summed E-state index contributed by atoms with van der Waals surface area (Å²) in [6, 6.07) is 6.13. The molecule has 3 saturated heterocycles. The molecule has 32 heavy (non-hydrogen) atoms. The maximum absolute atomic E-state index is 10.3. The highest BCUT2D eigenvalue weighted by Gasteiger charge is 2.39. The topological polar surface area (TPSA) is 97.6 Å². The molecule has 4 heterocycles. The quantitative estimate of drug-likeness (QED) is 0.592. The van der Waals surface area contributed by atoms with Crippen molar-refractivity contribution in [2.75, 3.05) is 41.4 Å². The molecule has 1 aromatic heterocycles. The second kappa shape index (κ2) is 8.17. The predicted octanol–water partition coefficient (Wildman–Crippen LogP) is 3.51. The first-order valence-corrected chi connectivity index (χ1v) is 11.5. The van der Waals surface area contributed by atoms with Crippen LogP contribution in [0, 0.1) is 12.3 Å². The third-order valence-electron chi connectivity index (χ3n) is 6.74. The van der Waals surface area contributed by atoms with Gasteiger partial charge in [-0.05, 0) is 45.2 Å². The van der Waals surface area contributed by atoms with Crippen LogP contribution >= 0.6 is 11.6 Å².